The molecule has 2 rings (SSSR count). The minimum Gasteiger partial charge on any atom is -0.466 e. The van der Waals surface area contributed by atoms with Gasteiger partial charge in [0.25, 0.3) is 0 Å². The van der Waals surface area contributed by atoms with E-state index in [-0.39, 0.29) is 22.3 Å². The SMILES string of the molecule is CCOC(=O)[C@H]1CC[N+](C(=O)O)(C(C)(C)C)C[C@H]1c1ccccc1. The number of likely N-dealkylation sites (tertiary alicyclic amines) is 1. The fraction of sp³-hybridized carbons (Fsp3) is 0.579. The van der Waals surface area contributed by atoms with Crippen LogP contribution in [0.3, 0.4) is 0 Å². The molecule has 5 nitrogen and oxygen atoms in total. The van der Waals surface area contributed by atoms with Gasteiger partial charge in [-0.25, -0.2) is 4.48 Å². The van der Waals surface area contributed by atoms with Gasteiger partial charge >= 0.3 is 12.1 Å². The van der Waals surface area contributed by atoms with Crippen LogP contribution >= 0.6 is 0 Å². The Labute approximate surface area is 143 Å². The van der Waals surface area contributed by atoms with Crippen molar-refractivity contribution >= 4 is 12.1 Å². The predicted molar refractivity (Wildman–Crippen MR) is 91.7 cm³/mol. The largest absolute Gasteiger partial charge is 0.514 e. The summed E-state index contributed by atoms with van der Waals surface area (Å²) >= 11 is 0. The molecule has 1 saturated heterocycles. The molecular formula is C19H28NO4+. The molecule has 1 aromatic carbocycles. The zero-order valence-corrected chi connectivity index (χ0v) is 15.0. The number of esters is 1. The summed E-state index contributed by atoms with van der Waals surface area (Å²) in [6.07, 6.45) is -0.312. The maximum Gasteiger partial charge on any atom is 0.514 e. The third kappa shape index (κ3) is 3.31. The normalized spacial score (nSPS) is 27.5. The number of amides is 1. The van der Waals surface area contributed by atoms with Crippen molar-refractivity contribution < 1.29 is 23.9 Å². The molecule has 1 heterocycles. The van der Waals surface area contributed by atoms with E-state index in [0.29, 0.717) is 26.1 Å². The van der Waals surface area contributed by atoms with E-state index in [9.17, 15) is 14.7 Å². The van der Waals surface area contributed by atoms with E-state index < -0.39 is 11.6 Å². The van der Waals surface area contributed by atoms with E-state index in [1.165, 1.54) is 0 Å². The second kappa shape index (κ2) is 6.93. The number of carbonyl (C=O) groups excluding carboxylic acids is 1. The molecule has 1 aliphatic rings. The van der Waals surface area contributed by atoms with E-state index in [1.807, 2.05) is 51.1 Å². The van der Waals surface area contributed by atoms with Crippen molar-refractivity contribution in [3.05, 3.63) is 35.9 Å². The molecule has 132 valence electrons. The van der Waals surface area contributed by atoms with Crippen LogP contribution < -0.4 is 0 Å². The topological polar surface area (TPSA) is 63.6 Å². The number of hydrogen-bond acceptors (Lipinski definition) is 3. The highest BCUT2D eigenvalue weighted by Crippen LogP contribution is 2.41. The summed E-state index contributed by atoms with van der Waals surface area (Å²) in [4.78, 5) is 24.6. The van der Waals surface area contributed by atoms with Crippen LogP contribution in [0.15, 0.2) is 30.3 Å². The van der Waals surface area contributed by atoms with E-state index in [2.05, 4.69) is 0 Å². The van der Waals surface area contributed by atoms with E-state index in [4.69, 9.17) is 4.74 Å². The molecule has 3 atom stereocenters. The van der Waals surface area contributed by atoms with Gasteiger partial charge in [-0.05, 0) is 33.3 Å². The third-order valence-corrected chi connectivity index (χ3v) is 5.28. The molecule has 5 heteroatoms. The first kappa shape index (κ1) is 18.5. The molecule has 0 aliphatic carbocycles. The van der Waals surface area contributed by atoms with Crippen LogP contribution in [0.2, 0.25) is 0 Å². The maximum atomic E-state index is 12.4. The Bertz CT molecular complexity index is 593. The summed E-state index contributed by atoms with van der Waals surface area (Å²) in [5.74, 6) is -0.668. The fourth-order valence-electron chi connectivity index (χ4n) is 3.75. The molecule has 1 aromatic rings. The lowest BCUT2D eigenvalue weighted by Gasteiger charge is -2.49. The molecule has 0 aromatic heterocycles. The molecule has 1 amide bonds. The molecule has 1 aliphatic heterocycles. The monoisotopic (exact) mass is 334 g/mol. The van der Waals surface area contributed by atoms with Gasteiger partial charge in [0.2, 0.25) is 0 Å². The number of benzene rings is 1. The standard InChI is InChI=1S/C19H27NO4/c1-5-24-17(21)15-11-12-20(18(22)23,19(2,3)4)13-16(15)14-9-7-6-8-10-14/h6-10,15-16H,5,11-13H2,1-4H3/p+1/t15-,16-,20?/m0/s1. The summed E-state index contributed by atoms with van der Waals surface area (Å²) in [7, 11) is 0. The van der Waals surface area contributed by atoms with Crippen molar-refractivity contribution in [1.82, 2.24) is 0 Å². The smallest absolute Gasteiger partial charge is 0.466 e. The Kier molecular flexibility index (Phi) is 5.33. The van der Waals surface area contributed by atoms with Crippen LogP contribution in [0.1, 0.15) is 45.6 Å². The number of carboxylic acid groups (broad SMARTS) is 1. The maximum absolute atomic E-state index is 12.4. The second-order valence-corrected chi connectivity index (χ2v) is 7.49. The zero-order valence-electron chi connectivity index (χ0n) is 15.0. The quantitative estimate of drug-likeness (QED) is 0.677. The summed E-state index contributed by atoms with van der Waals surface area (Å²) in [5, 5.41) is 9.97. The van der Waals surface area contributed by atoms with E-state index >= 15 is 0 Å². The molecule has 24 heavy (non-hydrogen) atoms. The Balaban J connectivity index is 2.44. The first-order valence-electron chi connectivity index (χ1n) is 8.55. The average Bonchev–Trinajstić information content (AvgIpc) is 2.54. The Morgan fingerprint density at radius 1 is 1.25 bits per heavy atom. The second-order valence-electron chi connectivity index (χ2n) is 7.49. The summed E-state index contributed by atoms with van der Waals surface area (Å²) in [6, 6.07) is 9.73. The highest BCUT2D eigenvalue weighted by atomic mass is 16.5. The van der Waals surface area contributed by atoms with Crippen LogP contribution in [-0.2, 0) is 9.53 Å². The Morgan fingerprint density at radius 3 is 2.38 bits per heavy atom. The van der Waals surface area contributed by atoms with Gasteiger partial charge in [-0.1, -0.05) is 30.3 Å². The number of piperidine rings is 1. The van der Waals surface area contributed by atoms with Crippen molar-refractivity contribution in [1.29, 1.82) is 0 Å². The van der Waals surface area contributed by atoms with Gasteiger partial charge in [0.05, 0.1) is 25.6 Å². The number of hydrogen-bond donors (Lipinski definition) is 1. The number of ether oxygens (including phenoxy) is 1. The average molecular weight is 334 g/mol. The van der Waals surface area contributed by atoms with E-state index in [0.717, 1.165) is 5.56 Å². The first-order chi connectivity index (χ1) is 11.2. The van der Waals surface area contributed by atoms with Gasteiger partial charge in [-0.3, -0.25) is 4.79 Å². The molecule has 0 radical (unpaired) electrons. The molecule has 0 saturated carbocycles. The van der Waals surface area contributed by atoms with Crippen molar-refractivity contribution in [3.8, 4) is 0 Å². The van der Waals surface area contributed by atoms with Gasteiger partial charge in [-0.15, -0.1) is 0 Å². The highest BCUT2D eigenvalue weighted by molar-refractivity contribution is 5.74. The molecule has 1 N–H and O–H groups in total. The minimum atomic E-state index is -0.828. The van der Waals surface area contributed by atoms with Gasteiger partial charge in [0, 0.05) is 12.3 Å². The lowest BCUT2D eigenvalue weighted by atomic mass is 9.77. The number of quaternary nitrogens is 1. The van der Waals surface area contributed by atoms with Crippen LogP contribution in [0.25, 0.3) is 0 Å². The summed E-state index contributed by atoms with van der Waals surface area (Å²) in [6.45, 7) is 8.83. The first-order valence-corrected chi connectivity index (χ1v) is 8.55. The minimum absolute atomic E-state index is 0.0392. The third-order valence-electron chi connectivity index (χ3n) is 5.28. The van der Waals surface area contributed by atoms with Gasteiger partial charge in [0.1, 0.15) is 5.54 Å². The van der Waals surface area contributed by atoms with Gasteiger partial charge in [0.15, 0.2) is 0 Å². The lowest BCUT2D eigenvalue weighted by Crippen LogP contribution is -2.68. The van der Waals surface area contributed by atoms with Crippen molar-refractivity contribution in [2.24, 2.45) is 5.92 Å². The van der Waals surface area contributed by atoms with Gasteiger partial charge < -0.3 is 9.84 Å². The van der Waals surface area contributed by atoms with Gasteiger partial charge in [-0.2, -0.15) is 4.79 Å². The fourth-order valence-corrected chi connectivity index (χ4v) is 3.75. The van der Waals surface area contributed by atoms with E-state index in [1.54, 1.807) is 6.92 Å². The molecule has 1 unspecified atom stereocenters. The summed E-state index contributed by atoms with van der Waals surface area (Å²) in [5.41, 5.74) is 0.557. The summed E-state index contributed by atoms with van der Waals surface area (Å²) < 4.78 is 5.21. The highest BCUT2D eigenvalue weighted by Gasteiger charge is 2.54. The van der Waals surface area contributed by atoms with Crippen LogP contribution in [0, 0.1) is 5.92 Å². The zero-order chi connectivity index (χ0) is 18.0. The predicted octanol–water partition coefficient (Wildman–Crippen LogP) is 3.65. The van der Waals surface area contributed by atoms with Crippen LogP contribution in [0.4, 0.5) is 4.79 Å². The van der Waals surface area contributed by atoms with Crippen molar-refractivity contribution in [3.63, 3.8) is 0 Å². The Morgan fingerprint density at radius 2 is 1.88 bits per heavy atom. The van der Waals surface area contributed by atoms with Crippen LogP contribution in [-0.4, -0.2) is 46.9 Å². The Hall–Kier alpha value is -1.88. The number of nitrogens with zero attached hydrogens (tertiary/aromatic N) is 1. The number of rotatable bonds is 3. The molecule has 1 fully saturated rings. The molecule has 0 bridgehead atoms. The van der Waals surface area contributed by atoms with Crippen molar-refractivity contribution in [2.45, 2.75) is 45.6 Å². The van der Waals surface area contributed by atoms with Crippen LogP contribution in [0.5, 0.6) is 0 Å². The molecule has 0 spiro atoms. The van der Waals surface area contributed by atoms with Crippen molar-refractivity contribution in [2.75, 3.05) is 19.7 Å². The number of carbonyl (C=O) groups is 2. The lowest BCUT2D eigenvalue weighted by molar-refractivity contribution is -0.910. The molecular weight excluding hydrogens is 306 g/mol.